The molecule has 27 heavy (non-hydrogen) atoms. The van der Waals surface area contributed by atoms with Crippen LogP contribution >= 0.6 is 11.8 Å². The van der Waals surface area contributed by atoms with Gasteiger partial charge in [-0.1, -0.05) is 12.1 Å². The SMILES string of the molecule is CC1=C(C(=O)O)N2C(=O)C(NC3=NCC(c4ccc(C#N)cc4)N3)[C@@H]2SC1. The molecule has 2 unspecified atom stereocenters. The molecule has 3 heterocycles. The number of aliphatic carboxylic acids is 1. The molecule has 8 nitrogen and oxygen atoms in total. The van der Waals surface area contributed by atoms with E-state index in [2.05, 4.69) is 21.7 Å². The maximum absolute atomic E-state index is 12.5. The smallest absolute Gasteiger partial charge is 0.352 e. The lowest BCUT2D eigenvalue weighted by molar-refractivity contribution is -0.148. The average molecular weight is 383 g/mol. The van der Waals surface area contributed by atoms with Crippen molar-refractivity contribution in [3.63, 3.8) is 0 Å². The Kier molecular flexibility index (Phi) is 4.28. The molecule has 3 atom stereocenters. The van der Waals surface area contributed by atoms with Crippen LogP contribution in [0.25, 0.3) is 0 Å². The molecule has 4 rings (SSSR count). The summed E-state index contributed by atoms with van der Waals surface area (Å²) in [7, 11) is 0. The highest BCUT2D eigenvalue weighted by molar-refractivity contribution is 8.00. The van der Waals surface area contributed by atoms with Crippen molar-refractivity contribution in [2.75, 3.05) is 12.3 Å². The van der Waals surface area contributed by atoms with Crippen molar-refractivity contribution in [2.45, 2.75) is 24.4 Å². The van der Waals surface area contributed by atoms with Crippen molar-refractivity contribution in [1.82, 2.24) is 15.5 Å². The van der Waals surface area contributed by atoms with Gasteiger partial charge in [0.1, 0.15) is 17.1 Å². The van der Waals surface area contributed by atoms with Crippen molar-refractivity contribution in [3.8, 4) is 6.07 Å². The molecule has 1 amide bonds. The molecule has 3 aliphatic heterocycles. The maximum Gasteiger partial charge on any atom is 0.352 e. The predicted molar refractivity (Wildman–Crippen MR) is 99.7 cm³/mol. The number of guanidine groups is 1. The number of carboxylic acid groups (broad SMARTS) is 1. The van der Waals surface area contributed by atoms with Crippen LogP contribution in [0.1, 0.15) is 24.1 Å². The minimum atomic E-state index is -1.07. The molecule has 1 fully saturated rings. The van der Waals surface area contributed by atoms with E-state index in [4.69, 9.17) is 5.26 Å². The zero-order valence-corrected chi connectivity index (χ0v) is 15.3. The van der Waals surface area contributed by atoms with Crippen LogP contribution in [-0.2, 0) is 9.59 Å². The lowest BCUT2D eigenvalue weighted by atomic mass is 10.0. The zero-order chi connectivity index (χ0) is 19.1. The van der Waals surface area contributed by atoms with E-state index in [9.17, 15) is 14.7 Å². The Morgan fingerprint density at radius 3 is 2.85 bits per heavy atom. The number of benzene rings is 1. The van der Waals surface area contributed by atoms with Gasteiger partial charge in [-0.2, -0.15) is 5.26 Å². The number of carboxylic acids is 1. The Hall–Kier alpha value is -2.99. The molecule has 0 aromatic heterocycles. The molecule has 1 aromatic rings. The molecule has 0 aliphatic carbocycles. The maximum atomic E-state index is 12.5. The van der Waals surface area contributed by atoms with Crippen molar-refractivity contribution in [2.24, 2.45) is 4.99 Å². The third-order valence-electron chi connectivity index (χ3n) is 4.84. The van der Waals surface area contributed by atoms with E-state index in [0.29, 0.717) is 29.4 Å². The van der Waals surface area contributed by atoms with Gasteiger partial charge in [-0.15, -0.1) is 11.8 Å². The summed E-state index contributed by atoms with van der Waals surface area (Å²) in [6, 6.07) is 8.85. The molecular formula is C18H17N5O3S. The first-order valence-electron chi connectivity index (χ1n) is 8.45. The number of aliphatic imine (C=N–C) groups is 1. The molecule has 1 saturated heterocycles. The quantitative estimate of drug-likeness (QED) is 0.661. The molecule has 138 valence electrons. The second kappa shape index (κ2) is 6.63. The van der Waals surface area contributed by atoms with Crippen molar-refractivity contribution >= 4 is 29.6 Å². The van der Waals surface area contributed by atoms with E-state index in [1.54, 1.807) is 30.8 Å². The van der Waals surface area contributed by atoms with Gasteiger partial charge in [-0.05, 0) is 30.2 Å². The van der Waals surface area contributed by atoms with Crippen LogP contribution in [-0.4, -0.2) is 51.6 Å². The second-order valence-corrected chi connectivity index (χ2v) is 7.69. The lowest BCUT2D eigenvalue weighted by Gasteiger charge is -2.49. The summed E-state index contributed by atoms with van der Waals surface area (Å²) < 4.78 is 0. The summed E-state index contributed by atoms with van der Waals surface area (Å²) in [5.41, 5.74) is 2.41. The van der Waals surface area contributed by atoms with E-state index in [-0.39, 0.29) is 23.0 Å². The highest BCUT2D eigenvalue weighted by atomic mass is 32.2. The van der Waals surface area contributed by atoms with E-state index >= 15 is 0 Å². The highest BCUT2D eigenvalue weighted by Gasteiger charge is 2.53. The number of nitriles is 1. The van der Waals surface area contributed by atoms with E-state index < -0.39 is 12.0 Å². The van der Waals surface area contributed by atoms with E-state index in [1.165, 1.54) is 4.90 Å². The van der Waals surface area contributed by atoms with Crippen LogP contribution < -0.4 is 10.6 Å². The van der Waals surface area contributed by atoms with Crippen LogP contribution in [0.15, 0.2) is 40.5 Å². The molecule has 3 N–H and O–H groups in total. The number of rotatable bonds is 3. The lowest BCUT2D eigenvalue weighted by Crippen LogP contribution is -2.71. The van der Waals surface area contributed by atoms with Crippen LogP contribution in [0.5, 0.6) is 0 Å². The number of thioether (sulfide) groups is 1. The number of β-lactam (4-membered cyclic amide) rings is 1. The summed E-state index contributed by atoms with van der Waals surface area (Å²) >= 11 is 1.55. The zero-order valence-electron chi connectivity index (χ0n) is 14.5. The van der Waals surface area contributed by atoms with E-state index in [1.807, 2.05) is 12.1 Å². The Labute approximate surface area is 159 Å². The van der Waals surface area contributed by atoms with Crippen LogP contribution in [0, 0.1) is 11.3 Å². The summed E-state index contributed by atoms with van der Waals surface area (Å²) in [4.78, 5) is 29.7. The Balaban J connectivity index is 1.41. The number of fused-ring (bicyclic) bond motifs is 1. The first kappa shape index (κ1) is 17.4. The highest BCUT2D eigenvalue weighted by Crippen LogP contribution is 2.40. The summed E-state index contributed by atoms with van der Waals surface area (Å²) in [5, 5.41) is 24.4. The van der Waals surface area contributed by atoms with Crippen LogP contribution in [0.2, 0.25) is 0 Å². The molecule has 1 aromatic carbocycles. The van der Waals surface area contributed by atoms with Crippen molar-refractivity contribution in [3.05, 3.63) is 46.7 Å². The number of hydrogen-bond donors (Lipinski definition) is 3. The number of hydrogen-bond acceptors (Lipinski definition) is 7. The fraction of sp³-hybridized carbons (Fsp3) is 0.333. The largest absolute Gasteiger partial charge is 0.477 e. The molecular weight excluding hydrogens is 366 g/mol. The molecule has 0 spiro atoms. The minimum Gasteiger partial charge on any atom is -0.477 e. The summed E-state index contributed by atoms with van der Waals surface area (Å²) in [5.74, 6) is -0.203. The fourth-order valence-corrected chi connectivity index (χ4v) is 4.72. The summed E-state index contributed by atoms with van der Waals surface area (Å²) in [6.45, 7) is 2.27. The standard InChI is InChI=1S/C18H17N5O3S/c1-9-8-27-16-13(15(24)23(16)14(9)17(25)26)22-18-20-7-12(21-18)11-4-2-10(6-19)3-5-11/h2-5,12-13,16H,7-8H2,1H3,(H,25,26)(H2,20,21,22)/t12?,13?,16-/m0/s1. The molecule has 0 saturated carbocycles. The molecule has 3 aliphatic rings. The molecule has 9 heteroatoms. The number of amides is 1. The predicted octanol–water partition coefficient (Wildman–Crippen LogP) is 0.790. The third-order valence-corrected chi connectivity index (χ3v) is 6.26. The van der Waals surface area contributed by atoms with Gasteiger partial charge in [0.15, 0.2) is 5.96 Å². The third kappa shape index (κ3) is 2.92. The molecule has 0 radical (unpaired) electrons. The van der Waals surface area contributed by atoms with Gasteiger partial charge in [0, 0.05) is 5.75 Å². The van der Waals surface area contributed by atoms with Gasteiger partial charge >= 0.3 is 5.97 Å². The van der Waals surface area contributed by atoms with Crippen LogP contribution in [0.3, 0.4) is 0 Å². The van der Waals surface area contributed by atoms with E-state index in [0.717, 1.165) is 5.56 Å². The van der Waals surface area contributed by atoms with Crippen molar-refractivity contribution in [1.29, 1.82) is 5.26 Å². The first-order chi connectivity index (χ1) is 13.0. The van der Waals surface area contributed by atoms with Crippen LogP contribution in [0.4, 0.5) is 0 Å². The summed E-state index contributed by atoms with van der Waals surface area (Å²) in [6.07, 6.45) is 0. The van der Waals surface area contributed by atoms with Gasteiger partial charge < -0.3 is 15.7 Å². The van der Waals surface area contributed by atoms with Gasteiger partial charge in [0.2, 0.25) is 0 Å². The normalized spacial score (nSPS) is 26.5. The number of nitrogens with zero attached hydrogens (tertiary/aromatic N) is 3. The topological polar surface area (TPSA) is 118 Å². The van der Waals surface area contributed by atoms with Gasteiger partial charge in [0.25, 0.3) is 5.91 Å². The monoisotopic (exact) mass is 383 g/mol. The first-order valence-corrected chi connectivity index (χ1v) is 9.50. The van der Waals surface area contributed by atoms with Gasteiger partial charge in [-0.3, -0.25) is 14.7 Å². The Bertz CT molecular complexity index is 918. The Morgan fingerprint density at radius 1 is 1.44 bits per heavy atom. The number of nitrogens with one attached hydrogen (secondary N) is 2. The fourth-order valence-electron chi connectivity index (χ4n) is 3.43. The average Bonchev–Trinajstić information content (AvgIpc) is 3.14. The molecule has 0 bridgehead atoms. The van der Waals surface area contributed by atoms with Crippen molar-refractivity contribution < 1.29 is 14.7 Å². The Morgan fingerprint density at radius 2 is 2.19 bits per heavy atom. The van der Waals surface area contributed by atoms with Gasteiger partial charge in [0.05, 0.1) is 24.2 Å². The number of carbonyl (C=O) groups excluding carboxylic acids is 1. The minimum absolute atomic E-state index is 0.0257. The van der Waals surface area contributed by atoms with Gasteiger partial charge in [-0.25, -0.2) is 4.79 Å². The second-order valence-electron chi connectivity index (χ2n) is 6.59. The number of carbonyl (C=O) groups is 2.